The molecule has 2 aromatic carbocycles. The first kappa shape index (κ1) is 14.5. The van der Waals surface area contributed by atoms with Gasteiger partial charge in [0.1, 0.15) is 0 Å². The summed E-state index contributed by atoms with van der Waals surface area (Å²) in [4.78, 5) is 11.9. The molecule has 1 unspecified atom stereocenters. The predicted octanol–water partition coefficient (Wildman–Crippen LogP) is 3.45. The van der Waals surface area contributed by atoms with Gasteiger partial charge in [0.2, 0.25) is 5.91 Å². The average molecular weight is 276 g/mol. The molecular formula is C18H16N2O. The van der Waals surface area contributed by atoms with E-state index in [1.165, 1.54) is 6.08 Å². The Balaban J connectivity index is 2.02. The van der Waals surface area contributed by atoms with E-state index in [0.717, 1.165) is 11.1 Å². The Hall–Kier alpha value is -2.86. The molecule has 0 saturated carbocycles. The highest BCUT2D eigenvalue weighted by atomic mass is 16.1. The normalized spacial score (nSPS) is 11.8. The number of carbonyl (C=O) groups is 1. The predicted molar refractivity (Wildman–Crippen MR) is 83.2 cm³/mol. The van der Waals surface area contributed by atoms with E-state index in [0.29, 0.717) is 5.56 Å². The van der Waals surface area contributed by atoms with Gasteiger partial charge in [0.25, 0.3) is 0 Å². The van der Waals surface area contributed by atoms with E-state index in [1.54, 1.807) is 18.2 Å². The Labute approximate surface area is 124 Å². The monoisotopic (exact) mass is 276 g/mol. The van der Waals surface area contributed by atoms with Gasteiger partial charge < -0.3 is 5.32 Å². The van der Waals surface area contributed by atoms with Gasteiger partial charge in [-0.1, -0.05) is 48.5 Å². The maximum absolute atomic E-state index is 11.9. The fourth-order valence-corrected chi connectivity index (χ4v) is 2.00. The van der Waals surface area contributed by atoms with Crippen molar-refractivity contribution in [2.75, 3.05) is 0 Å². The van der Waals surface area contributed by atoms with Crippen molar-refractivity contribution < 1.29 is 4.79 Å². The SMILES string of the molecule is CC(NC(=O)C=Cc1ccccc1C#N)c1ccccc1. The van der Waals surface area contributed by atoms with Crippen LogP contribution in [0.3, 0.4) is 0 Å². The van der Waals surface area contributed by atoms with Crippen LogP contribution in [0.2, 0.25) is 0 Å². The standard InChI is InChI=1S/C18H16N2O/c1-14(15-7-3-2-4-8-15)20-18(21)12-11-16-9-5-6-10-17(16)13-19/h2-12,14H,1H3,(H,20,21). The van der Waals surface area contributed by atoms with Crippen LogP contribution in [0.5, 0.6) is 0 Å². The second-order valence-corrected chi connectivity index (χ2v) is 4.67. The summed E-state index contributed by atoms with van der Waals surface area (Å²) < 4.78 is 0. The first-order chi connectivity index (χ1) is 10.2. The molecule has 0 aliphatic rings. The number of benzene rings is 2. The molecule has 104 valence electrons. The lowest BCUT2D eigenvalue weighted by molar-refractivity contribution is -0.117. The Bertz CT molecular complexity index is 684. The molecule has 3 nitrogen and oxygen atoms in total. The van der Waals surface area contributed by atoms with Gasteiger partial charge in [-0.25, -0.2) is 0 Å². The van der Waals surface area contributed by atoms with Crippen LogP contribution >= 0.6 is 0 Å². The quantitative estimate of drug-likeness (QED) is 0.870. The van der Waals surface area contributed by atoms with Crippen molar-refractivity contribution in [1.82, 2.24) is 5.32 Å². The van der Waals surface area contributed by atoms with E-state index in [-0.39, 0.29) is 11.9 Å². The molecule has 21 heavy (non-hydrogen) atoms. The van der Waals surface area contributed by atoms with Crippen LogP contribution in [0, 0.1) is 11.3 Å². The number of nitrogens with zero attached hydrogens (tertiary/aromatic N) is 1. The molecule has 1 N–H and O–H groups in total. The molecule has 0 saturated heterocycles. The van der Waals surface area contributed by atoms with Crippen LogP contribution < -0.4 is 5.32 Å². The molecule has 0 spiro atoms. The molecule has 2 rings (SSSR count). The third-order valence-corrected chi connectivity index (χ3v) is 3.15. The number of hydrogen-bond acceptors (Lipinski definition) is 2. The second kappa shape index (κ2) is 7.06. The molecule has 0 radical (unpaired) electrons. The Morgan fingerprint density at radius 2 is 1.81 bits per heavy atom. The summed E-state index contributed by atoms with van der Waals surface area (Å²) in [5.74, 6) is -0.181. The van der Waals surface area contributed by atoms with Crippen molar-refractivity contribution in [3.05, 3.63) is 77.4 Å². The van der Waals surface area contributed by atoms with Gasteiger partial charge >= 0.3 is 0 Å². The van der Waals surface area contributed by atoms with Crippen LogP contribution in [0.1, 0.15) is 29.7 Å². The first-order valence-electron chi connectivity index (χ1n) is 6.73. The lowest BCUT2D eigenvalue weighted by Gasteiger charge is -2.12. The van der Waals surface area contributed by atoms with Gasteiger partial charge in [0, 0.05) is 6.08 Å². The van der Waals surface area contributed by atoms with E-state index in [2.05, 4.69) is 11.4 Å². The summed E-state index contributed by atoms with van der Waals surface area (Å²) in [6, 6.07) is 19.0. The molecular weight excluding hydrogens is 260 g/mol. The summed E-state index contributed by atoms with van der Waals surface area (Å²) >= 11 is 0. The van der Waals surface area contributed by atoms with E-state index < -0.39 is 0 Å². The highest BCUT2D eigenvalue weighted by Crippen LogP contribution is 2.12. The summed E-state index contributed by atoms with van der Waals surface area (Å²) in [6.45, 7) is 1.93. The van der Waals surface area contributed by atoms with Crippen LogP contribution in [-0.2, 0) is 4.79 Å². The summed E-state index contributed by atoms with van der Waals surface area (Å²) in [5, 5.41) is 11.9. The van der Waals surface area contributed by atoms with Crippen molar-refractivity contribution in [2.45, 2.75) is 13.0 Å². The zero-order chi connectivity index (χ0) is 15.1. The topological polar surface area (TPSA) is 52.9 Å². The zero-order valence-corrected chi connectivity index (χ0v) is 11.8. The Morgan fingerprint density at radius 3 is 2.52 bits per heavy atom. The Kier molecular flexibility index (Phi) is 4.89. The molecule has 0 bridgehead atoms. The number of hydrogen-bond donors (Lipinski definition) is 1. The number of nitrogens with one attached hydrogen (secondary N) is 1. The fourth-order valence-electron chi connectivity index (χ4n) is 2.00. The minimum atomic E-state index is -0.181. The average Bonchev–Trinajstić information content (AvgIpc) is 2.54. The fraction of sp³-hybridized carbons (Fsp3) is 0.111. The lowest BCUT2D eigenvalue weighted by atomic mass is 10.1. The van der Waals surface area contributed by atoms with Crippen molar-refractivity contribution in [2.24, 2.45) is 0 Å². The van der Waals surface area contributed by atoms with Gasteiger partial charge in [0.05, 0.1) is 17.7 Å². The molecule has 0 fully saturated rings. The molecule has 3 heteroatoms. The molecule has 0 aliphatic heterocycles. The molecule has 1 atom stereocenters. The molecule has 1 amide bonds. The number of rotatable bonds is 4. The lowest BCUT2D eigenvalue weighted by Crippen LogP contribution is -2.24. The van der Waals surface area contributed by atoms with Gasteiger partial charge in [0.15, 0.2) is 0 Å². The van der Waals surface area contributed by atoms with Crippen LogP contribution in [0.15, 0.2) is 60.7 Å². The minimum Gasteiger partial charge on any atom is -0.346 e. The maximum Gasteiger partial charge on any atom is 0.244 e. The van der Waals surface area contributed by atoms with Crippen molar-refractivity contribution in [1.29, 1.82) is 5.26 Å². The van der Waals surface area contributed by atoms with Gasteiger partial charge in [-0.2, -0.15) is 5.26 Å². The van der Waals surface area contributed by atoms with Crippen LogP contribution in [0.25, 0.3) is 6.08 Å². The van der Waals surface area contributed by atoms with Gasteiger partial charge in [-0.15, -0.1) is 0 Å². The smallest absolute Gasteiger partial charge is 0.244 e. The number of carbonyl (C=O) groups excluding carboxylic acids is 1. The highest BCUT2D eigenvalue weighted by Gasteiger charge is 2.06. The molecule has 2 aromatic rings. The summed E-state index contributed by atoms with van der Waals surface area (Å²) in [7, 11) is 0. The highest BCUT2D eigenvalue weighted by molar-refractivity contribution is 5.92. The zero-order valence-electron chi connectivity index (χ0n) is 11.8. The minimum absolute atomic E-state index is 0.0606. The molecule has 0 aromatic heterocycles. The maximum atomic E-state index is 11.9. The van der Waals surface area contributed by atoms with E-state index >= 15 is 0 Å². The van der Waals surface area contributed by atoms with Gasteiger partial charge in [-0.05, 0) is 30.2 Å². The number of amides is 1. The van der Waals surface area contributed by atoms with Gasteiger partial charge in [-0.3, -0.25) is 4.79 Å². The largest absolute Gasteiger partial charge is 0.346 e. The summed E-state index contributed by atoms with van der Waals surface area (Å²) in [6.07, 6.45) is 3.11. The first-order valence-corrected chi connectivity index (χ1v) is 6.73. The summed E-state index contributed by atoms with van der Waals surface area (Å²) in [5.41, 5.74) is 2.34. The van der Waals surface area contributed by atoms with E-state index in [1.807, 2.05) is 49.4 Å². The van der Waals surface area contributed by atoms with Crippen molar-refractivity contribution in [3.63, 3.8) is 0 Å². The van der Waals surface area contributed by atoms with Crippen molar-refractivity contribution >= 4 is 12.0 Å². The van der Waals surface area contributed by atoms with Crippen LogP contribution in [0.4, 0.5) is 0 Å². The molecule has 0 aliphatic carbocycles. The van der Waals surface area contributed by atoms with E-state index in [4.69, 9.17) is 5.26 Å². The van der Waals surface area contributed by atoms with Crippen LogP contribution in [-0.4, -0.2) is 5.91 Å². The number of nitriles is 1. The van der Waals surface area contributed by atoms with Crippen molar-refractivity contribution in [3.8, 4) is 6.07 Å². The Morgan fingerprint density at radius 1 is 1.14 bits per heavy atom. The third kappa shape index (κ3) is 4.05. The molecule has 0 heterocycles. The third-order valence-electron chi connectivity index (χ3n) is 3.15. The second-order valence-electron chi connectivity index (χ2n) is 4.67. The van der Waals surface area contributed by atoms with E-state index in [9.17, 15) is 4.79 Å².